The van der Waals surface area contributed by atoms with Crippen molar-refractivity contribution in [1.29, 1.82) is 0 Å². The third-order valence-electron chi connectivity index (χ3n) is 1.32. The fraction of sp³-hybridized carbons (Fsp3) is 0.500. The molecule has 1 aromatic rings. The Labute approximate surface area is 66.4 Å². The van der Waals surface area contributed by atoms with E-state index in [1.54, 1.807) is 13.8 Å². The second-order valence-electron chi connectivity index (χ2n) is 3.27. The van der Waals surface area contributed by atoms with Gasteiger partial charge in [0.25, 0.3) is 0 Å². The Bertz CT molecular complexity index is 198. The molecule has 0 radical (unpaired) electrons. The number of aliphatic hydroxyl groups is 1. The molecule has 0 aromatic carbocycles. The molecule has 0 aliphatic carbocycles. The summed E-state index contributed by atoms with van der Waals surface area (Å²) in [5.74, 6) is 0. The van der Waals surface area contributed by atoms with Gasteiger partial charge < -0.3 is 15.4 Å². The van der Waals surface area contributed by atoms with Crippen LogP contribution in [0.5, 0.6) is 0 Å². The fourth-order valence-corrected chi connectivity index (χ4v) is 0.752. The van der Waals surface area contributed by atoms with Gasteiger partial charge in [-0.15, -0.1) is 0 Å². The minimum Gasteiger partial charge on any atom is -0.389 e. The molecular weight excluding hydrogens is 140 g/mol. The molecule has 0 saturated carbocycles. The van der Waals surface area contributed by atoms with Crippen molar-refractivity contribution in [3.8, 4) is 0 Å². The smallest absolute Gasteiger partial charge is 0.0763 e. The van der Waals surface area contributed by atoms with Crippen LogP contribution in [0.25, 0.3) is 0 Å². The predicted octanol–water partition coefficient (Wildman–Crippen LogP) is 1.20. The molecule has 0 atom stereocenters. The first-order valence-corrected chi connectivity index (χ1v) is 3.67. The van der Waals surface area contributed by atoms with Crippen molar-refractivity contribution in [2.45, 2.75) is 19.4 Å². The van der Waals surface area contributed by atoms with Crippen LogP contribution >= 0.6 is 0 Å². The van der Waals surface area contributed by atoms with Gasteiger partial charge in [0.05, 0.1) is 11.3 Å². The lowest BCUT2D eigenvalue weighted by Crippen LogP contribution is -2.29. The maximum absolute atomic E-state index is 9.34. The van der Waals surface area contributed by atoms with Gasteiger partial charge in [-0.25, -0.2) is 0 Å². The second kappa shape index (κ2) is 2.96. The summed E-state index contributed by atoms with van der Waals surface area (Å²) in [5.41, 5.74) is 0.351. The van der Waals surface area contributed by atoms with Gasteiger partial charge >= 0.3 is 0 Å². The maximum atomic E-state index is 9.34. The maximum Gasteiger partial charge on any atom is 0.0763 e. The molecule has 0 saturated heterocycles. The van der Waals surface area contributed by atoms with Gasteiger partial charge in [-0.1, -0.05) is 0 Å². The lowest BCUT2D eigenvalue weighted by atomic mass is 10.1. The molecule has 0 spiro atoms. The van der Waals surface area contributed by atoms with E-state index >= 15 is 0 Å². The zero-order chi connectivity index (χ0) is 8.32. The van der Waals surface area contributed by atoms with E-state index in [2.05, 4.69) is 10.3 Å². The third kappa shape index (κ3) is 3.09. The number of hydrogen-bond acceptors (Lipinski definition) is 2. The van der Waals surface area contributed by atoms with E-state index in [0.29, 0.717) is 6.54 Å². The normalized spacial score (nSPS) is 11.5. The van der Waals surface area contributed by atoms with Crippen molar-refractivity contribution in [3.63, 3.8) is 0 Å². The summed E-state index contributed by atoms with van der Waals surface area (Å²) >= 11 is 0. The summed E-state index contributed by atoms with van der Waals surface area (Å²) in [5, 5.41) is 12.4. The number of nitrogens with one attached hydrogen (secondary N) is 2. The van der Waals surface area contributed by atoms with Crippen LogP contribution in [0, 0.1) is 0 Å². The number of H-pyrrole nitrogens is 1. The summed E-state index contributed by atoms with van der Waals surface area (Å²) in [6.45, 7) is 4.10. The first kappa shape index (κ1) is 8.14. The Balaban J connectivity index is 2.35. The van der Waals surface area contributed by atoms with Gasteiger partial charge in [0.15, 0.2) is 0 Å². The molecule has 0 fully saturated rings. The van der Waals surface area contributed by atoms with Crippen LogP contribution in [0.3, 0.4) is 0 Å². The fourth-order valence-electron chi connectivity index (χ4n) is 0.752. The molecule has 0 aliphatic rings. The molecule has 3 N–H and O–H groups in total. The van der Waals surface area contributed by atoms with Gasteiger partial charge in [-0.2, -0.15) is 0 Å². The topological polar surface area (TPSA) is 48.0 Å². The van der Waals surface area contributed by atoms with E-state index in [4.69, 9.17) is 0 Å². The van der Waals surface area contributed by atoms with E-state index in [0.717, 1.165) is 5.69 Å². The predicted molar refractivity (Wildman–Crippen MR) is 45.6 cm³/mol. The molecule has 1 rings (SSSR count). The van der Waals surface area contributed by atoms with Crippen LogP contribution in [0.15, 0.2) is 18.5 Å². The van der Waals surface area contributed by atoms with Gasteiger partial charge in [0, 0.05) is 18.9 Å². The molecule has 62 valence electrons. The number of aromatic nitrogens is 1. The molecule has 11 heavy (non-hydrogen) atoms. The minimum absolute atomic E-state index is 0.560. The summed E-state index contributed by atoms with van der Waals surface area (Å²) in [4.78, 5) is 2.92. The SMILES string of the molecule is CC(C)(O)CNc1cc[nH]c1. The summed E-state index contributed by atoms with van der Waals surface area (Å²) in [6.07, 6.45) is 3.69. The highest BCUT2D eigenvalue weighted by atomic mass is 16.3. The number of hydrogen-bond donors (Lipinski definition) is 3. The number of anilines is 1. The molecule has 3 heteroatoms. The average molecular weight is 154 g/mol. The molecule has 3 nitrogen and oxygen atoms in total. The Morgan fingerprint density at radius 1 is 1.64 bits per heavy atom. The van der Waals surface area contributed by atoms with Gasteiger partial charge in [-0.3, -0.25) is 0 Å². The molecule has 1 heterocycles. The first-order chi connectivity index (χ1) is 5.08. The van der Waals surface area contributed by atoms with Crippen molar-refractivity contribution >= 4 is 5.69 Å². The van der Waals surface area contributed by atoms with Gasteiger partial charge in [0.2, 0.25) is 0 Å². The second-order valence-corrected chi connectivity index (χ2v) is 3.27. The van der Waals surface area contributed by atoms with Crippen LogP contribution in [0.4, 0.5) is 5.69 Å². The van der Waals surface area contributed by atoms with Gasteiger partial charge in [0.1, 0.15) is 0 Å². The first-order valence-electron chi connectivity index (χ1n) is 3.67. The number of aromatic amines is 1. The summed E-state index contributed by atoms with van der Waals surface area (Å²) in [7, 11) is 0. The van der Waals surface area contributed by atoms with E-state index < -0.39 is 5.60 Å². The van der Waals surface area contributed by atoms with E-state index in [1.165, 1.54) is 0 Å². The zero-order valence-electron chi connectivity index (χ0n) is 6.89. The molecule has 0 unspecified atom stereocenters. The summed E-state index contributed by atoms with van der Waals surface area (Å²) < 4.78 is 0. The molecule has 0 bridgehead atoms. The van der Waals surface area contributed by atoms with Crippen molar-refractivity contribution < 1.29 is 5.11 Å². The monoisotopic (exact) mass is 154 g/mol. The van der Waals surface area contributed by atoms with E-state index in [-0.39, 0.29) is 0 Å². The zero-order valence-corrected chi connectivity index (χ0v) is 6.89. The lowest BCUT2D eigenvalue weighted by Gasteiger charge is -2.17. The Hall–Kier alpha value is -0.960. The van der Waals surface area contributed by atoms with Crippen molar-refractivity contribution in [2.24, 2.45) is 0 Å². The quantitative estimate of drug-likeness (QED) is 0.612. The summed E-state index contributed by atoms with van der Waals surface area (Å²) in [6, 6.07) is 1.92. The Kier molecular flexibility index (Phi) is 2.19. The van der Waals surface area contributed by atoms with Crippen LogP contribution < -0.4 is 5.32 Å². The van der Waals surface area contributed by atoms with Crippen molar-refractivity contribution in [2.75, 3.05) is 11.9 Å². The average Bonchev–Trinajstić information content (AvgIpc) is 2.32. The number of rotatable bonds is 3. The molecular formula is C8H14N2O. The lowest BCUT2D eigenvalue weighted by molar-refractivity contribution is 0.0945. The standard InChI is InChI=1S/C8H14N2O/c1-8(2,11)6-10-7-3-4-9-5-7/h3-5,9-11H,6H2,1-2H3. The Morgan fingerprint density at radius 3 is 2.82 bits per heavy atom. The van der Waals surface area contributed by atoms with E-state index in [1.807, 2.05) is 18.5 Å². The molecule has 0 amide bonds. The molecule has 1 aromatic heterocycles. The van der Waals surface area contributed by atoms with E-state index in [9.17, 15) is 5.11 Å². The highest BCUT2D eigenvalue weighted by Crippen LogP contribution is 2.06. The van der Waals surface area contributed by atoms with Crippen LogP contribution in [0.2, 0.25) is 0 Å². The minimum atomic E-state index is -0.655. The van der Waals surface area contributed by atoms with Crippen LogP contribution in [0.1, 0.15) is 13.8 Å². The van der Waals surface area contributed by atoms with Crippen LogP contribution in [-0.2, 0) is 0 Å². The van der Waals surface area contributed by atoms with Crippen LogP contribution in [-0.4, -0.2) is 22.2 Å². The highest BCUT2D eigenvalue weighted by Gasteiger charge is 2.10. The van der Waals surface area contributed by atoms with Crippen molar-refractivity contribution in [3.05, 3.63) is 18.5 Å². The highest BCUT2D eigenvalue weighted by molar-refractivity contribution is 5.40. The van der Waals surface area contributed by atoms with Crippen molar-refractivity contribution in [1.82, 2.24) is 4.98 Å². The van der Waals surface area contributed by atoms with Gasteiger partial charge in [-0.05, 0) is 19.9 Å². The Morgan fingerprint density at radius 2 is 2.36 bits per heavy atom. The largest absolute Gasteiger partial charge is 0.389 e. The molecule has 0 aliphatic heterocycles. The third-order valence-corrected chi connectivity index (χ3v) is 1.32.